The third-order valence-electron chi connectivity index (χ3n) is 1.41. The van der Waals surface area contributed by atoms with Gasteiger partial charge in [0.2, 0.25) is 0 Å². The Balaban J connectivity index is 2.82. The molecule has 1 atom stereocenters. The van der Waals surface area contributed by atoms with Crippen LogP contribution in [-0.2, 0) is 0 Å². The van der Waals surface area contributed by atoms with Gasteiger partial charge in [-0.05, 0) is 17.7 Å². The van der Waals surface area contributed by atoms with Crippen LogP contribution in [0.1, 0.15) is 10.9 Å². The highest BCUT2D eigenvalue weighted by Gasteiger charge is 2.15. The van der Waals surface area contributed by atoms with Crippen LogP contribution in [0.25, 0.3) is 0 Å². The molecule has 0 heterocycles. The van der Waals surface area contributed by atoms with Gasteiger partial charge in [-0.3, -0.25) is 0 Å². The van der Waals surface area contributed by atoms with Crippen LogP contribution >= 0.6 is 46.4 Å². The average molecular weight is 244 g/mol. The minimum atomic E-state index is -0.604. The van der Waals surface area contributed by atoms with E-state index in [2.05, 4.69) is 0 Å². The van der Waals surface area contributed by atoms with E-state index in [-0.39, 0.29) is 5.38 Å². The molecule has 0 saturated heterocycles. The molecule has 0 spiro atoms. The van der Waals surface area contributed by atoms with Gasteiger partial charge in [0, 0.05) is 5.02 Å². The number of rotatable bonds is 2. The molecule has 0 fully saturated rings. The molecule has 0 saturated carbocycles. The van der Waals surface area contributed by atoms with Gasteiger partial charge in [-0.15, -0.1) is 34.8 Å². The third kappa shape index (κ3) is 2.70. The number of halogens is 4. The molecule has 1 rings (SSSR count). The minimum Gasteiger partial charge on any atom is -0.115 e. The average Bonchev–Trinajstić information content (AvgIpc) is 2.04. The number of benzene rings is 1. The molecule has 12 heavy (non-hydrogen) atoms. The normalized spacial score (nSPS) is 13.4. The molecule has 0 nitrogen and oxygen atoms in total. The van der Waals surface area contributed by atoms with Gasteiger partial charge in [0.1, 0.15) is 4.84 Å². The van der Waals surface area contributed by atoms with E-state index in [4.69, 9.17) is 46.4 Å². The summed E-state index contributed by atoms with van der Waals surface area (Å²) in [5, 5.41) is 0.286. The summed E-state index contributed by atoms with van der Waals surface area (Å²) in [7, 11) is 0. The van der Waals surface area contributed by atoms with Crippen LogP contribution in [0.15, 0.2) is 24.3 Å². The van der Waals surface area contributed by atoms with Crippen molar-refractivity contribution in [3.05, 3.63) is 34.9 Å². The number of alkyl halides is 3. The first-order chi connectivity index (χ1) is 5.61. The van der Waals surface area contributed by atoms with E-state index < -0.39 is 4.84 Å². The highest BCUT2D eigenvalue weighted by Crippen LogP contribution is 2.30. The van der Waals surface area contributed by atoms with Crippen LogP contribution < -0.4 is 0 Å². The Morgan fingerprint density at radius 2 is 1.42 bits per heavy atom. The van der Waals surface area contributed by atoms with E-state index in [0.717, 1.165) is 5.56 Å². The molecule has 0 aliphatic rings. The quantitative estimate of drug-likeness (QED) is 0.675. The van der Waals surface area contributed by atoms with Crippen LogP contribution in [0, 0.1) is 0 Å². The summed E-state index contributed by atoms with van der Waals surface area (Å²) in [6.45, 7) is 0. The van der Waals surface area contributed by atoms with Gasteiger partial charge in [0.05, 0.1) is 5.38 Å². The Kier molecular flexibility index (Phi) is 3.98. The maximum atomic E-state index is 5.89. The first-order valence-electron chi connectivity index (χ1n) is 3.29. The van der Waals surface area contributed by atoms with Crippen molar-refractivity contribution in [2.24, 2.45) is 0 Å². The maximum absolute atomic E-state index is 5.89. The van der Waals surface area contributed by atoms with E-state index in [1.165, 1.54) is 0 Å². The molecule has 0 aliphatic carbocycles. The van der Waals surface area contributed by atoms with Gasteiger partial charge in [-0.25, -0.2) is 0 Å². The fraction of sp³-hybridized carbons (Fsp3) is 0.250. The van der Waals surface area contributed by atoms with E-state index >= 15 is 0 Å². The summed E-state index contributed by atoms with van der Waals surface area (Å²) in [5.41, 5.74) is 0.871. The van der Waals surface area contributed by atoms with Crippen molar-refractivity contribution in [1.82, 2.24) is 0 Å². The van der Waals surface area contributed by atoms with Gasteiger partial charge in [0.25, 0.3) is 0 Å². The topological polar surface area (TPSA) is 0 Å². The van der Waals surface area contributed by atoms with Crippen molar-refractivity contribution in [3.63, 3.8) is 0 Å². The SMILES string of the molecule is Clc1ccc(C(Cl)C(Cl)Cl)cc1. The Morgan fingerprint density at radius 3 is 1.83 bits per heavy atom. The second-order valence-electron chi connectivity index (χ2n) is 2.29. The Labute approximate surface area is 91.4 Å². The largest absolute Gasteiger partial charge is 0.128 e. The monoisotopic (exact) mass is 242 g/mol. The van der Waals surface area contributed by atoms with Gasteiger partial charge < -0.3 is 0 Å². The highest BCUT2D eigenvalue weighted by atomic mass is 35.5. The summed E-state index contributed by atoms with van der Waals surface area (Å²) >= 11 is 22.8. The van der Waals surface area contributed by atoms with Crippen LogP contribution in [0.5, 0.6) is 0 Å². The first-order valence-corrected chi connectivity index (χ1v) is 4.97. The smallest absolute Gasteiger partial charge is 0.115 e. The van der Waals surface area contributed by atoms with Crippen LogP contribution in [0.3, 0.4) is 0 Å². The Morgan fingerprint density at radius 1 is 0.917 bits per heavy atom. The van der Waals surface area contributed by atoms with Crippen molar-refractivity contribution >= 4 is 46.4 Å². The molecule has 0 amide bonds. The summed E-state index contributed by atoms with van der Waals surface area (Å²) in [6.07, 6.45) is 0. The molecule has 4 heteroatoms. The molecule has 0 aliphatic heterocycles. The van der Waals surface area contributed by atoms with Gasteiger partial charge >= 0.3 is 0 Å². The van der Waals surface area contributed by atoms with Crippen molar-refractivity contribution in [1.29, 1.82) is 0 Å². The van der Waals surface area contributed by atoms with E-state index in [0.29, 0.717) is 5.02 Å². The van der Waals surface area contributed by atoms with Crippen molar-refractivity contribution in [2.45, 2.75) is 10.2 Å². The minimum absolute atomic E-state index is 0.384. The summed E-state index contributed by atoms with van der Waals surface area (Å²) < 4.78 is 0. The molecule has 0 radical (unpaired) electrons. The lowest BCUT2D eigenvalue weighted by molar-refractivity contribution is 1.04. The third-order valence-corrected chi connectivity index (χ3v) is 2.93. The van der Waals surface area contributed by atoms with Gasteiger partial charge in [0.15, 0.2) is 0 Å². The molecular formula is C8H6Cl4. The lowest BCUT2D eigenvalue weighted by atomic mass is 10.2. The maximum Gasteiger partial charge on any atom is 0.128 e. The predicted molar refractivity (Wildman–Crippen MR) is 55.5 cm³/mol. The van der Waals surface area contributed by atoms with E-state index in [9.17, 15) is 0 Å². The number of hydrogen-bond acceptors (Lipinski definition) is 0. The Hall–Kier alpha value is 0.380. The molecule has 1 aromatic rings. The lowest BCUT2D eigenvalue weighted by Crippen LogP contribution is -1.98. The zero-order chi connectivity index (χ0) is 9.14. The molecular weight excluding hydrogens is 238 g/mol. The van der Waals surface area contributed by atoms with Crippen molar-refractivity contribution < 1.29 is 0 Å². The van der Waals surface area contributed by atoms with Crippen molar-refractivity contribution in [3.8, 4) is 0 Å². The molecule has 0 N–H and O–H groups in total. The molecule has 1 unspecified atom stereocenters. The first kappa shape index (κ1) is 10.5. The molecule has 1 aromatic carbocycles. The van der Waals surface area contributed by atoms with Crippen LogP contribution in [-0.4, -0.2) is 4.84 Å². The second kappa shape index (κ2) is 4.57. The van der Waals surface area contributed by atoms with E-state index in [1.54, 1.807) is 24.3 Å². The van der Waals surface area contributed by atoms with Gasteiger partial charge in [-0.2, -0.15) is 0 Å². The summed E-state index contributed by atoms with van der Waals surface area (Å²) in [4.78, 5) is -0.604. The molecule has 66 valence electrons. The fourth-order valence-electron chi connectivity index (χ4n) is 0.792. The summed E-state index contributed by atoms with van der Waals surface area (Å²) in [5.74, 6) is 0. The van der Waals surface area contributed by atoms with Gasteiger partial charge in [-0.1, -0.05) is 23.7 Å². The highest BCUT2D eigenvalue weighted by molar-refractivity contribution is 6.48. The predicted octanol–water partition coefficient (Wildman–Crippen LogP) is 4.42. The van der Waals surface area contributed by atoms with Crippen LogP contribution in [0.2, 0.25) is 5.02 Å². The zero-order valence-corrected chi connectivity index (χ0v) is 9.00. The molecule has 0 bridgehead atoms. The lowest BCUT2D eigenvalue weighted by Gasteiger charge is -2.09. The summed E-state index contributed by atoms with van der Waals surface area (Å²) in [6, 6.07) is 7.11. The number of hydrogen-bond donors (Lipinski definition) is 0. The zero-order valence-electron chi connectivity index (χ0n) is 5.98. The molecule has 0 aromatic heterocycles. The van der Waals surface area contributed by atoms with E-state index in [1.807, 2.05) is 0 Å². The van der Waals surface area contributed by atoms with Crippen molar-refractivity contribution in [2.75, 3.05) is 0 Å². The Bertz CT molecular complexity index is 242. The standard InChI is InChI=1S/C8H6Cl4/c9-6-3-1-5(2-4-6)7(10)8(11)12/h1-4,7-8H. The second-order valence-corrected chi connectivity index (χ2v) is 4.36. The fourth-order valence-corrected chi connectivity index (χ4v) is 1.35. The van der Waals surface area contributed by atoms with Crippen LogP contribution in [0.4, 0.5) is 0 Å².